The predicted octanol–water partition coefficient (Wildman–Crippen LogP) is 3.57. The molecule has 2 aromatic heterocycles. The van der Waals surface area contributed by atoms with Crippen molar-refractivity contribution in [3.63, 3.8) is 0 Å². The summed E-state index contributed by atoms with van der Waals surface area (Å²) in [5.41, 5.74) is 2.25. The summed E-state index contributed by atoms with van der Waals surface area (Å²) in [7, 11) is 1.51. The number of hydrogen-bond donors (Lipinski definition) is 3. The minimum absolute atomic E-state index is 0.0900. The number of rotatable bonds is 8. The van der Waals surface area contributed by atoms with Crippen molar-refractivity contribution in [2.45, 2.75) is 26.3 Å². The smallest absolute Gasteiger partial charge is 0.277 e. The molecule has 1 amide bonds. The van der Waals surface area contributed by atoms with Gasteiger partial charge in [0.05, 0.1) is 18.5 Å². The lowest BCUT2D eigenvalue weighted by Crippen LogP contribution is -2.23. The van der Waals surface area contributed by atoms with Crippen LogP contribution in [0.2, 0.25) is 5.02 Å². The standard InChI is InChI=1S/C23H23ClN6O3/c1-14-17(9-11-20(31)27-18-12-16(24)8-10-19(18)33-2)21(32)30-23(26-14)28-22(29-30)25-13-15-6-4-3-5-7-15/h3-8,10,12H,9,11,13H2,1-2H3,(H,27,31)(H2,25,26,28,29). The maximum atomic E-state index is 13.0. The molecular formula is C23H23ClN6O3. The third-order valence-electron chi connectivity index (χ3n) is 5.14. The fourth-order valence-corrected chi connectivity index (χ4v) is 3.60. The molecule has 170 valence electrons. The van der Waals surface area contributed by atoms with Gasteiger partial charge in [0.1, 0.15) is 5.75 Å². The van der Waals surface area contributed by atoms with E-state index >= 15 is 0 Å². The molecule has 0 radical (unpaired) electrons. The third kappa shape index (κ3) is 5.15. The van der Waals surface area contributed by atoms with Crippen LogP contribution in [-0.4, -0.2) is 32.6 Å². The maximum absolute atomic E-state index is 13.0. The lowest BCUT2D eigenvalue weighted by Gasteiger charge is -2.11. The number of methoxy groups -OCH3 is 1. The van der Waals surface area contributed by atoms with Crippen LogP contribution in [0.3, 0.4) is 0 Å². The number of amides is 1. The first-order chi connectivity index (χ1) is 15.9. The largest absolute Gasteiger partial charge is 0.495 e. The molecule has 0 spiro atoms. The van der Waals surface area contributed by atoms with Gasteiger partial charge < -0.3 is 15.4 Å². The van der Waals surface area contributed by atoms with Gasteiger partial charge >= 0.3 is 0 Å². The number of halogens is 1. The number of carbonyl (C=O) groups excluding carboxylic acids is 1. The molecule has 4 rings (SSSR count). The molecule has 0 bridgehead atoms. The SMILES string of the molecule is COc1ccc(Cl)cc1NC(=O)CCc1c(C)nc2nc(NCc3ccccc3)[nH]n2c1=O. The molecule has 4 aromatic rings. The Morgan fingerprint density at radius 3 is 2.73 bits per heavy atom. The summed E-state index contributed by atoms with van der Waals surface area (Å²) in [5.74, 6) is 0.935. The van der Waals surface area contributed by atoms with Gasteiger partial charge in [-0.25, -0.2) is 4.98 Å². The molecule has 0 aliphatic rings. The number of hydrogen-bond acceptors (Lipinski definition) is 6. The first-order valence-corrected chi connectivity index (χ1v) is 10.7. The molecule has 2 aromatic carbocycles. The van der Waals surface area contributed by atoms with E-state index in [2.05, 4.69) is 25.7 Å². The van der Waals surface area contributed by atoms with Crippen LogP contribution >= 0.6 is 11.6 Å². The molecule has 0 fully saturated rings. The van der Waals surface area contributed by atoms with Gasteiger partial charge in [0, 0.05) is 23.6 Å². The molecule has 0 saturated heterocycles. The van der Waals surface area contributed by atoms with E-state index in [-0.39, 0.29) is 30.1 Å². The molecule has 0 aliphatic carbocycles. The maximum Gasteiger partial charge on any atom is 0.277 e. The van der Waals surface area contributed by atoms with E-state index < -0.39 is 0 Å². The van der Waals surface area contributed by atoms with E-state index in [1.54, 1.807) is 25.1 Å². The molecule has 2 heterocycles. The fourth-order valence-electron chi connectivity index (χ4n) is 3.43. The summed E-state index contributed by atoms with van der Waals surface area (Å²) in [6.07, 6.45) is 0.313. The second-order valence-corrected chi connectivity index (χ2v) is 7.86. The Morgan fingerprint density at radius 2 is 1.97 bits per heavy atom. The van der Waals surface area contributed by atoms with Gasteiger partial charge in [-0.2, -0.15) is 9.50 Å². The Hall–Kier alpha value is -3.85. The van der Waals surface area contributed by atoms with Crippen molar-refractivity contribution in [2.24, 2.45) is 0 Å². The monoisotopic (exact) mass is 466 g/mol. The zero-order valence-electron chi connectivity index (χ0n) is 18.2. The molecule has 9 nitrogen and oxygen atoms in total. The molecule has 0 unspecified atom stereocenters. The highest BCUT2D eigenvalue weighted by molar-refractivity contribution is 6.31. The molecule has 3 N–H and O–H groups in total. The number of ether oxygens (including phenoxy) is 1. The number of H-pyrrole nitrogens is 1. The predicted molar refractivity (Wildman–Crippen MR) is 127 cm³/mol. The molecule has 0 aliphatic heterocycles. The summed E-state index contributed by atoms with van der Waals surface area (Å²) in [5, 5.41) is 9.35. The van der Waals surface area contributed by atoms with E-state index in [0.29, 0.717) is 40.2 Å². The quantitative estimate of drug-likeness (QED) is 0.366. The highest BCUT2D eigenvalue weighted by Crippen LogP contribution is 2.27. The summed E-state index contributed by atoms with van der Waals surface area (Å²) in [4.78, 5) is 34.3. The number of nitrogens with one attached hydrogen (secondary N) is 3. The zero-order chi connectivity index (χ0) is 23.4. The second-order valence-electron chi connectivity index (χ2n) is 7.42. The summed E-state index contributed by atoms with van der Waals surface area (Å²) < 4.78 is 6.53. The van der Waals surface area contributed by atoms with Crippen LogP contribution < -0.4 is 20.9 Å². The first kappa shape index (κ1) is 22.3. The van der Waals surface area contributed by atoms with E-state index in [9.17, 15) is 9.59 Å². The summed E-state index contributed by atoms with van der Waals surface area (Å²) in [6.45, 7) is 2.29. The van der Waals surface area contributed by atoms with Crippen molar-refractivity contribution in [1.29, 1.82) is 0 Å². The number of carbonyl (C=O) groups is 1. The van der Waals surface area contributed by atoms with Gasteiger partial charge in [0.15, 0.2) is 0 Å². The van der Waals surface area contributed by atoms with Crippen LogP contribution in [0, 0.1) is 6.92 Å². The molecule has 0 atom stereocenters. The molecule has 0 saturated carbocycles. The molecular weight excluding hydrogens is 444 g/mol. The van der Waals surface area contributed by atoms with Crippen molar-refractivity contribution < 1.29 is 9.53 Å². The third-order valence-corrected chi connectivity index (χ3v) is 5.37. The number of aromatic amines is 1. The van der Waals surface area contributed by atoms with Crippen LogP contribution in [0.5, 0.6) is 5.75 Å². The lowest BCUT2D eigenvalue weighted by atomic mass is 10.1. The average molecular weight is 467 g/mol. The van der Waals surface area contributed by atoms with Crippen molar-refractivity contribution in [3.05, 3.63) is 80.7 Å². The van der Waals surface area contributed by atoms with Gasteiger partial charge in [-0.05, 0) is 37.1 Å². The lowest BCUT2D eigenvalue weighted by molar-refractivity contribution is -0.116. The Balaban J connectivity index is 1.47. The Kier molecular flexibility index (Phi) is 6.60. The number of anilines is 2. The van der Waals surface area contributed by atoms with E-state index in [1.807, 2.05) is 30.3 Å². The van der Waals surface area contributed by atoms with Crippen LogP contribution in [-0.2, 0) is 17.8 Å². The van der Waals surface area contributed by atoms with Crippen molar-refractivity contribution in [3.8, 4) is 5.75 Å². The minimum atomic E-state index is -0.286. The number of aromatic nitrogens is 4. The fraction of sp³-hybridized carbons (Fsp3) is 0.217. The topological polar surface area (TPSA) is 113 Å². The Bertz CT molecular complexity index is 1350. The van der Waals surface area contributed by atoms with Crippen LogP contribution in [0.1, 0.15) is 23.2 Å². The number of nitrogens with zero attached hydrogens (tertiary/aromatic N) is 3. The average Bonchev–Trinajstić information content (AvgIpc) is 3.21. The van der Waals surface area contributed by atoms with Crippen molar-refractivity contribution in [1.82, 2.24) is 19.6 Å². The van der Waals surface area contributed by atoms with Gasteiger partial charge in [0.2, 0.25) is 11.9 Å². The minimum Gasteiger partial charge on any atom is -0.495 e. The number of benzene rings is 2. The Labute approximate surface area is 194 Å². The molecule has 10 heteroatoms. The van der Waals surface area contributed by atoms with Crippen LogP contribution in [0.25, 0.3) is 5.78 Å². The second kappa shape index (κ2) is 9.74. The van der Waals surface area contributed by atoms with Gasteiger partial charge in [0.25, 0.3) is 11.3 Å². The van der Waals surface area contributed by atoms with E-state index in [4.69, 9.17) is 16.3 Å². The van der Waals surface area contributed by atoms with E-state index in [0.717, 1.165) is 5.56 Å². The highest BCUT2D eigenvalue weighted by Gasteiger charge is 2.15. The highest BCUT2D eigenvalue weighted by atomic mass is 35.5. The van der Waals surface area contributed by atoms with Crippen LogP contribution in [0.15, 0.2) is 53.3 Å². The molecule has 33 heavy (non-hydrogen) atoms. The first-order valence-electron chi connectivity index (χ1n) is 10.3. The summed E-state index contributed by atoms with van der Waals surface area (Å²) in [6, 6.07) is 14.8. The van der Waals surface area contributed by atoms with Gasteiger partial charge in [-0.1, -0.05) is 41.9 Å². The van der Waals surface area contributed by atoms with Gasteiger partial charge in [-0.15, -0.1) is 0 Å². The zero-order valence-corrected chi connectivity index (χ0v) is 18.9. The summed E-state index contributed by atoms with van der Waals surface area (Å²) >= 11 is 6.01. The normalized spacial score (nSPS) is 10.9. The van der Waals surface area contributed by atoms with Crippen LogP contribution in [0.4, 0.5) is 11.6 Å². The Morgan fingerprint density at radius 1 is 1.18 bits per heavy atom. The van der Waals surface area contributed by atoms with E-state index in [1.165, 1.54) is 11.6 Å². The van der Waals surface area contributed by atoms with Crippen molar-refractivity contribution in [2.75, 3.05) is 17.7 Å². The van der Waals surface area contributed by atoms with Crippen molar-refractivity contribution >= 4 is 34.9 Å². The number of aryl methyl sites for hydroxylation is 1. The van der Waals surface area contributed by atoms with Gasteiger partial charge in [-0.3, -0.25) is 14.7 Å². The number of fused-ring (bicyclic) bond motifs is 1.